The second-order valence-electron chi connectivity index (χ2n) is 4.41. The molecule has 0 spiro atoms. The first kappa shape index (κ1) is 11.6. The Labute approximate surface area is 103 Å². The van der Waals surface area contributed by atoms with Gasteiger partial charge in [0.05, 0.1) is 0 Å². The Kier molecular flexibility index (Phi) is 3.43. The highest BCUT2D eigenvalue weighted by Crippen LogP contribution is 2.21. The minimum absolute atomic E-state index is 0.304. The number of hydrogen-bond acceptors (Lipinski definition) is 2. The van der Waals surface area contributed by atoms with Crippen LogP contribution in [0.4, 0.5) is 5.69 Å². The number of pyridine rings is 1. The van der Waals surface area contributed by atoms with Gasteiger partial charge in [-0.05, 0) is 44.0 Å². The number of rotatable bonds is 3. The van der Waals surface area contributed by atoms with E-state index < -0.39 is 0 Å². The smallest absolute Gasteiger partial charge is 0.0488 e. The maximum atomic E-state index is 4.20. The Morgan fingerprint density at radius 3 is 2.59 bits per heavy atom. The van der Waals surface area contributed by atoms with E-state index in [-0.39, 0.29) is 0 Å². The number of benzene rings is 1. The van der Waals surface area contributed by atoms with Crippen molar-refractivity contribution in [2.45, 2.75) is 26.8 Å². The van der Waals surface area contributed by atoms with Crippen LogP contribution in [-0.2, 0) is 0 Å². The van der Waals surface area contributed by atoms with Crippen molar-refractivity contribution in [3.63, 3.8) is 0 Å². The quantitative estimate of drug-likeness (QED) is 0.859. The van der Waals surface area contributed by atoms with E-state index >= 15 is 0 Å². The molecule has 0 saturated heterocycles. The highest BCUT2D eigenvalue weighted by atomic mass is 14.9. The molecule has 2 rings (SSSR count). The maximum Gasteiger partial charge on any atom is 0.0488 e. The molecule has 1 N–H and O–H groups in total. The van der Waals surface area contributed by atoms with Crippen LogP contribution in [0.5, 0.6) is 0 Å². The van der Waals surface area contributed by atoms with Crippen LogP contribution in [0.15, 0.2) is 42.6 Å². The predicted molar refractivity (Wildman–Crippen MR) is 72.2 cm³/mol. The van der Waals surface area contributed by atoms with Crippen molar-refractivity contribution in [1.82, 2.24) is 4.98 Å². The van der Waals surface area contributed by atoms with Crippen molar-refractivity contribution < 1.29 is 0 Å². The van der Waals surface area contributed by atoms with Gasteiger partial charge in [-0.15, -0.1) is 0 Å². The van der Waals surface area contributed by atoms with Gasteiger partial charge < -0.3 is 5.32 Å². The van der Waals surface area contributed by atoms with Gasteiger partial charge in [0.2, 0.25) is 0 Å². The molecule has 1 atom stereocenters. The van der Waals surface area contributed by atoms with E-state index in [0.717, 1.165) is 11.4 Å². The Hall–Kier alpha value is -1.83. The number of hydrogen-bond donors (Lipinski definition) is 1. The van der Waals surface area contributed by atoms with E-state index in [1.807, 2.05) is 19.2 Å². The summed E-state index contributed by atoms with van der Waals surface area (Å²) >= 11 is 0. The van der Waals surface area contributed by atoms with E-state index in [4.69, 9.17) is 0 Å². The molecule has 1 unspecified atom stereocenters. The van der Waals surface area contributed by atoms with Crippen molar-refractivity contribution in [2.75, 3.05) is 5.32 Å². The van der Waals surface area contributed by atoms with Crippen molar-refractivity contribution in [3.8, 4) is 0 Å². The number of anilines is 1. The minimum atomic E-state index is 0.304. The molecule has 1 aromatic carbocycles. The third-order valence-corrected chi connectivity index (χ3v) is 2.93. The highest BCUT2D eigenvalue weighted by Gasteiger charge is 2.07. The van der Waals surface area contributed by atoms with Gasteiger partial charge in [-0.25, -0.2) is 0 Å². The molecule has 0 radical (unpaired) electrons. The molecule has 0 aliphatic heterocycles. The van der Waals surface area contributed by atoms with Crippen LogP contribution in [0.25, 0.3) is 0 Å². The summed E-state index contributed by atoms with van der Waals surface area (Å²) < 4.78 is 0. The Balaban J connectivity index is 2.17. The molecule has 0 saturated carbocycles. The predicted octanol–water partition coefficient (Wildman–Crippen LogP) is 3.87. The van der Waals surface area contributed by atoms with Gasteiger partial charge in [0.1, 0.15) is 0 Å². The van der Waals surface area contributed by atoms with Crippen LogP contribution in [0.2, 0.25) is 0 Å². The fourth-order valence-corrected chi connectivity index (χ4v) is 2.04. The second-order valence-corrected chi connectivity index (χ2v) is 4.41. The molecule has 2 heteroatoms. The number of nitrogens with zero attached hydrogens (tertiary/aromatic N) is 1. The molecule has 17 heavy (non-hydrogen) atoms. The van der Waals surface area contributed by atoms with Crippen LogP contribution >= 0.6 is 0 Å². The number of aromatic nitrogens is 1. The zero-order valence-corrected chi connectivity index (χ0v) is 10.6. The number of aryl methyl sites for hydroxylation is 2. The Bertz CT molecular complexity index is 506. The van der Waals surface area contributed by atoms with Gasteiger partial charge in [-0.3, -0.25) is 4.98 Å². The third kappa shape index (κ3) is 2.84. The summed E-state index contributed by atoms with van der Waals surface area (Å²) in [6, 6.07) is 12.8. The fourth-order valence-electron chi connectivity index (χ4n) is 2.04. The van der Waals surface area contributed by atoms with Crippen LogP contribution in [0.3, 0.4) is 0 Å². The van der Waals surface area contributed by atoms with E-state index in [9.17, 15) is 0 Å². The lowest BCUT2D eigenvalue weighted by Crippen LogP contribution is -2.08. The van der Waals surface area contributed by atoms with Gasteiger partial charge in [0, 0.05) is 23.6 Å². The molecule has 88 valence electrons. The molecule has 1 heterocycles. The summed E-state index contributed by atoms with van der Waals surface area (Å²) in [5, 5.41) is 3.50. The Morgan fingerprint density at radius 2 is 1.88 bits per heavy atom. The molecule has 2 aromatic rings. The summed E-state index contributed by atoms with van der Waals surface area (Å²) in [5.41, 5.74) is 4.81. The lowest BCUT2D eigenvalue weighted by Gasteiger charge is -2.17. The molecule has 0 aliphatic rings. The van der Waals surface area contributed by atoms with Gasteiger partial charge in [-0.1, -0.05) is 24.3 Å². The standard InChI is InChI=1S/C15H18N2/c1-11-6-4-5-7-15(11)13(3)17-14-8-9-16-12(2)10-14/h4-10,13H,1-3H3,(H,16,17). The van der Waals surface area contributed by atoms with Crippen molar-refractivity contribution >= 4 is 5.69 Å². The van der Waals surface area contributed by atoms with Crippen LogP contribution in [0.1, 0.15) is 29.8 Å². The minimum Gasteiger partial charge on any atom is -0.378 e. The summed E-state index contributed by atoms with van der Waals surface area (Å²) in [7, 11) is 0. The third-order valence-electron chi connectivity index (χ3n) is 2.93. The average molecular weight is 226 g/mol. The average Bonchev–Trinajstić information content (AvgIpc) is 2.29. The van der Waals surface area contributed by atoms with Crippen molar-refractivity contribution in [1.29, 1.82) is 0 Å². The lowest BCUT2D eigenvalue weighted by molar-refractivity contribution is 0.873. The Morgan fingerprint density at radius 1 is 1.12 bits per heavy atom. The first-order valence-electron chi connectivity index (χ1n) is 5.91. The van der Waals surface area contributed by atoms with Gasteiger partial charge in [0.25, 0.3) is 0 Å². The largest absolute Gasteiger partial charge is 0.378 e. The second kappa shape index (κ2) is 5.00. The van der Waals surface area contributed by atoms with Crippen molar-refractivity contribution in [2.24, 2.45) is 0 Å². The van der Waals surface area contributed by atoms with E-state index in [1.54, 1.807) is 0 Å². The molecular formula is C15H18N2. The molecule has 1 aromatic heterocycles. The van der Waals surface area contributed by atoms with Crippen LogP contribution in [0, 0.1) is 13.8 Å². The monoisotopic (exact) mass is 226 g/mol. The maximum absolute atomic E-state index is 4.20. The van der Waals surface area contributed by atoms with Crippen LogP contribution in [-0.4, -0.2) is 4.98 Å². The molecule has 0 amide bonds. The summed E-state index contributed by atoms with van der Waals surface area (Å²) in [6.07, 6.45) is 1.84. The molecule has 0 aliphatic carbocycles. The van der Waals surface area contributed by atoms with E-state index in [2.05, 4.69) is 54.5 Å². The fraction of sp³-hybridized carbons (Fsp3) is 0.267. The van der Waals surface area contributed by atoms with Gasteiger partial charge in [-0.2, -0.15) is 0 Å². The first-order chi connectivity index (χ1) is 8.16. The molecule has 0 fully saturated rings. The van der Waals surface area contributed by atoms with Gasteiger partial charge in [0.15, 0.2) is 0 Å². The zero-order valence-electron chi connectivity index (χ0n) is 10.6. The summed E-state index contributed by atoms with van der Waals surface area (Å²) in [6.45, 7) is 6.33. The molecular weight excluding hydrogens is 208 g/mol. The van der Waals surface area contributed by atoms with Gasteiger partial charge >= 0.3 is 0 Å². The first-order valence-corrected chi connectivity index (χ1v) is 5.91. The van der Waals surface area contributed by atoms with Crippen LogP contribution < -0.4 is 5.32 Å². The van der Waals surface area contributed by atoms with E-state index in [1.165, 1.54) is 11.1 Å². The SMILES string of the molecule is Cc1cc(NC(C)c2ccccc2C)ccn1. The molecule has 2 nitrogen and oxygen atoms in total. The van der Waals surface area contributed by atoms with E-state index in [0.29, 0.717) is 6.04 Å². The highest BCUT2D eigenvalue weighted by molar-refractivity contribution is 5.46. The number of nitrogens with one attached hydrogen (secondary N) is 1. The van der Waals surface area contributed by atoms with Crippen molar-refractivity contribution in [3.05, 3.63) is 59.4 Å². The lowest BCUT2D eigenvalue weighted by atomic mass is 10.0. The molecule has 0 bridgehead atoms. The summed E-state index contributed by atoms with van der Waals surface area (Å²) in [4.78, 5) is 4.20. The topological polar surface area (TPSA) is 24.9 Å². The summed E-state index contributed by atoms with van der Waals surface area (Å²) in [5.74, 6) is 0. The zero-order chi connectivity index (χ0) is 12.3. The normalized spacial score (nSPS) is 12.2.